The fourth-order valence-corrected chi connectivity index (χ4v) is 5.38. The zero-order chi connectivity index (χ0) is 31.2. The molecule has 2 atom stereocenters. The first-order chi connectivity index (χ1) is 21.2. The van der Waals surface area contributed by atoms with Crippen LogP contribution in [0.15, 0.2) is 42.7 Å². The number of nitrogens with zero attached hydrogens (tertiary/aromatic N) is 5. The Hall–Kier alpha value is -3.97. The van der Waals surface area contributed by atoms with E-state index >= 15 is 0 Å². The van der Waals surface area contributed by atoms with Crippen molar-refractivity contribution < 1.29 is 32.6 Å². The summed E-state index contributed by atoms with van der Waals surface area (Å²) < 4.78 is 45.1. The van der Waals surface area contributed by atoms with Gasteiger partial charge in [0.1, 0.15) is 36.3 Å². The molecule has 4 heterocycles. The molecular weight excluding hydrogens is 598 g/mol. The summed E-state index contributed by atoms with van der Waals surface area (Å²) >= 11 is 6.00. The third-order valence-corrected chi connectivity index (χ3v) is 8.03. The zero-order valence-electron chi connectivity index (χ0n) is 24.5. The molecule has 0 bridgehead atoms. The summed E-state index contributed by atoms with van der Waals surface area (Å²) in [5.74, 6) is -0.188. The number of nitrogens with one attached hydrogen (secondary N) is 1. The van der Waals surface area contributed by atoms with Crippen LogP contribution in [0.3, 0.4) is 0 Å². The van der Waals surface area contributed by atoms with Crippen molar-refractivity contribution in [1.82, 2.24) is 29.9 Å². The molecule has 5 rings (SSSR count). The van der Waals surface area contributed by atoms with Gasteiger partial charge in [-0.2, -0.15) is 13.9 Å². The van der Waals surface area contributed by atoms with Crippen molar-refractivity contribution in [3.63, 3.8) is 0 Å². The van der Waals surface area contributed by atoms with Gasteiger partial charge in [-0.1, -0.05) is 37.6 Å². The molecule has 44 heavy (non-hydrogen) atoms. The van der Waals surface area contributed by atoms with Crippen LogP contribution in [0.4, 0.5) is 13.6 Å². The van der Waals surface area contributed by atoms with E-state index in [0.29, 0.717) is 35.6 Å². The van der Waals surface area contributed by atoms with E-state index < -0.39 is 12.5 Å². The first kappa shape index (κ1) is 31.5. The van der Waals surface area contributed by atoms with Gasteiger partial charge in [0.05, 0.1) is 12.2 Å². The molecular formula is C30H35ClF2N6O5. The lowest BCUT2D eigenvalue weighted by atomic mass is 10.0. The molecule has 2 aromatic heterocycles. The minimum absolute atomic E-state index is 0.0440. The maximum atomic E-state index is 13.6. The van der Waals surface area contributed by atoms with Gasteiger partial charge in [0.25, 0.3) is 5.91 Å². The van der Waals surface area contributed by atoms with Crippen molar-refractivity contribution in [1.29, 1.82) is 0 Å². The van der Waals surface area contributed by atoms with Gasteiger partial charge in [0, 0.05) is 55.3 Å². The molecule has 14 heteroatoms. The minimum Gasteiger partial charge on any atom is -0.488 e. The number of aromatic nitrogens is 3. The number of cyclic esters (lactones) is 1. The number of carbonyl (C=O) groups excluding carboxylic acids is 2. The molecule has 236 valence electrons. The van der Waals surface area contributed by atoms with E-state index in [4.69, 9.17) is 25.8 Å². The van der Waals surface area contributed by atoms with E-state index in [2.05, 4.69) is 20.3 Å². The van der Waals surface area contributed by atoms with Crippen molar-refractivity contribution in [3.05, 3.63) is 58.9 Å². The highest BCUT2D eigenvalue weighted by Crippen LogP contribution is 2.36. The van der Waals surface area contributed by atoms with Crippen molar-refractivity contribution in [3.8, 4) is 22.9 Å². The van der Waals surface area contributed by atoms with Gasteiger partial charge in [0.15, 0.2) is 0 Å². The number of halogens is 3. The quantitative estimate of drug-likeness (QED) is 0.280. The van der Waals surface area contributed by atoms with Crippen molar-refractivity contribution in [2.24, 2.45) is 0 Å². The lowest BCUT2D eigenvalue weighted by Gasteiger charge is -2.33. The maximum Gasteiger partial charge on any atom is 0.410 e. The monoisotopic (exact) mass is 632 g/mol. The van der Waals surface area contributed by atoms with E-state index in [1.165, 1.54) is 18.5 Å². The minimum atomic E-state index is -2.85. The van der Waals surface area contributed by atoms with Crippen molar-refractivity contribution in [2.75, 3.05) is 39.4 Å². The third-order valence-electron chi connectivity index (χ3n) is 7.77. The normalized spacial score (nSPS) is 18.0. The first-order valence-corrected chi connectivity index (χ1v) is 15.0. The predicted molar refractivity (Wildman–Crippen MR) is 158 cm³/mol. The molecule has 1 N–H and O–H groups in total. The zero-order valence-corrected chi connectivity index (χ0v) is 25.3. The summed E-state index contributed by atoms with van der Waals surface area (Å²) in [4.78, 5) is 34.1. The molecule has 3 aromatic rings. The van der Waals surface area contributed by atoms with Crippen LogP contribution < -0.4 is 14.8 Å². The molecule has 1 aromatic carbocycles. The van der Waals surface area contributed by atoms with Crippen LogP contribution in [-0.2, 0) is 11.3 Å². The maximum absolute atomic E-state index is 13.6. The first-order valence-electron chi connectivity index (χ1n) is 14.6. The number of benzene rings is 1. The van der Waals surface area contributed by atoms with E-state index in [1.54, 1.807) is 17.0 Å². The SMILES string of the molecule is CCN(CC)CCOc1nc(-c2cnn(C(F)F)c2)c(O[C@H]2CCN3C(=O)OC[C@@H]3C2)cc1C(=O)NCc1ccc(Cl)cc1. The summed E-state index contributed by atoms with van der Waals surface area (Å²) in [6.45, 7) is 4.66. The summed E-state index contributed by atoms with van der Waals surface area (Å²) in [6.07, 6.45) is 2.78. The van der Waals surface area contributed by atoms with Gasteiger partial charge in [-0.25, -0.2) is 14.5 Å². The highest BCUT2D eigenvalue weighted by Gasteiger charge is 2.39. The molecule has 2 saturated heterocycles. The molecule has 2 fully saturated rings. The molecule has 2 aliphatic rings. The number of fused-ring (bicyclic) bond motifs is 1. The van der Waals surface area contributed by atoms with Crippen LogP contribution >= 0.6 is 11.6 Å². The van der Waals surface area contributed by atoms with E-state index in [1.807, 2.05) is 26.0 Å². The Labute approximate surface area is 259 Å². The molecule has 0 aliphatic carbocycles. The van der Waals surface area contributed by atoms with Gasteiger partial charge >= 0.3 is 12.6 Å². The molecule has 0 radical (unpaired) electrons. The van der Waals surface area contributed by atoms with Gasteiger partial charge in [0.2, 0.25) is 5.88 Å². The number of rotatable bonds is 13. The van der Waals surface area contributed by atoms with Gasteiger partial charge in [-0.15, -0.1) is 0 Å². The number of hydrogen-bond donors (Lipinski definition) is 1. The average Bonchev–Trinajstić information content (AvgIpc) is 3.66. The number of likely N-dealkylation sites (N-methyl/N-ethyl adjacent to an activating group) is 1. The lowest BCUT2D eigenvalue weighted by Crippen LogP contribution is -2.44. The van der Waals surface area contributed by atoms with Crippen molar-refractivity contribution >= 4 is 23.6 Å². The largest absolute Gasteiger partial charge is 0.488 e. The summed E-state index contributed by atoms with van der Waals surface area (Å²) in [6, 6.07) is 8.50. The Balaban J connectivity index is 1.47. The predicted octanol–water partition coefficient (Wildman–Crippen LogP) is 5.01. The van der Waals surface area contributed by atoms with E-state index in [0.717, 1.165) is 18.7 Å². The second kappa shape index (κ2) is 14.2. The Morgan fingerprint density at radius 1 is 1.25 bits per heavy atom. The Bertz CT molecular complexity index is 1450. The van der Waals surface area contributed by atoms with E-state index in [9.17, 15) is 18.4 Å². The number of piperidine rings is 1. The standard InChI is InChI=1S/C30H35ClF2N6O5/c1-3-37(4-2)11-12-42-28-24(27(40)34-15-19-5-7-21(31)8-6-19)14-25(26(36-28)20-16-35-39(17-20)29(32)33)44-23-9-10-38-22(13-23)18-43-30(38)41/h5-8,14,16-17,22-23,29H,3-4,9-13,15,18H2,1-2H3,(H,34,40)/t22-,23-/m0/s1. The number of carbonyl (C=O) groups is 2. The fourth-order valence-electron chi connectivity index (χ4n) is 5.26. The van der Waals surface area contributed by atoms with Crippen LogP contribution in [0.1, 0.15) is 49.2 Å². The Morgan fingerprint density at radius 3 is 2.73 bits per heavy atom. The second-order valence-electron chi connectivity index (χ2n) is 10.5. The van der Waals surface area contributed by atoms with Gasteiger partial charge in [-0.05, 0) is 30.8 Å². The van der Waals surface area contributed by atoms with Crippen molar-refractivity contribution in [2.45, 2.75) is 51.9 Å². The summed E-state index contributed by atoms with van der Waals surface area (Å²) in [7, 11) is 0. The molecule has 0 spiro atoms. The van der Waals surface area contributed by atoms with Crippen LogP contribution in [0, 0.1) is 0 Å². The molecule has 0 unspecified atom stereocenters. The van der Waals surface area contributed by atoms with Crippen LogP contribution in [0.25, 0.3) is 11.3 Å². The van der Waals surface area contributed by atoms with E-state index in [-0.39, 0.29) is 66.4 Å². The average molecular weight is 633 g/mol. The fraction of sp³-hybridized carbons (Fsp3) is 0.467. The Morgan fingerprint density at radius 2 is 2.02 bits per heavy atom. The number of pyridine rings is 1. The molecule has 2 aliphatic heterocycles. The number of ether oxygens (including phenoxy) is 3. The second-order valence-corrected chi connectivity index (χ2v) is 11.0. The number of hydrogen-bond acceptors (Lipinski definition) is 8. The third kappa shape index (κ3) is 7.39. The highest BCUT2D eigenvalue weighted by molar-refractivity contribution is 6.30. The summed E-state index contributed by atoms with van der Waals surface area (Å²) in [5.41, 5.74) is 1.46. The van der Waals surface area contributed by atoms with Crippen LogP contribution in [0.5, 0.6) is 11.6 Å². The molecule has 11 nitrogen and oxygen atoms in total. The summed E-state index contributed by atoms with van der Waals surface area (Å²) in [5, 5.41) is 7.25. The highest BCUT2D eigenvalue weighted by atomic mass is 35.5. The lowest BCUT2D eigenvalue weighted by molar-refractivity contribution is 0.0566. The number of alkyl halides is 2. The van der Waals surface area contributed by atoms with Gasteiger partial charge < -0.3 is 29.3 Å². The Kier molecular flexibility index (Phi) is 10.2. The topological polar surface area (TPSA) is 111 Å². The van der Waals surface area contributed by atoms with Crippen LogP contribution in [-0.4, -0.2) is 88.1 Å². The molecule has 0 saturated carbocycles. The van der Waals surface area contributed by atoms with Crippen LogP contribution in [0.2, 0.25) is 5.02 Å². The van der Waals surface area contributed by atoms with Gasteiger partial charge in [-0.3, -0.25) is 4.79 Å². The smallest absolute Gasteiger partial charge is 0.410 e. The molecule has 2 amide bonds. The number of amides is 2.